The van der Waals surface area contributed by atoms with Crippen LogP contribution in [0.25, 0.3) is 0 Å². The molecule has 5 nitrogen and oxygen atoms in total. The summed E-state index contributed by atoms with van der Waals surface area (Å²) in [6.45, 7) is 3.49. The number of carboxylic acid groups (broad SMARTS) is 1. The Morgan fingerprint density at radius 3 is 2.26 bits per heavy atom. The van der Waals surface area contributed by atoms with Crippen LogP contribution < -0.4 is 0 Å². The number of aliphatic carboxylic acids is 1. The zero-order valence-electron chi connectivity index (χ0n) is 11.7. The summed E-state index contributed by atoms with van der Waals surface area (Å²) in [4.78, 5) is 27.2. The lowest BCUT2D eigenvalue weighted by Crippen LogP contribution is -2.49. The monoisotopic (exact) mass is 268 g/mol. The number of amides is 1. The van der Waals surface area contributed by atoms with Crippen LogP contribution in [0.15, 0.2) is 0 Å². The van der Waals surface area contributed by atoms with Crippen molar-refractivity contribution in [2.24, 2.45) is 0 Å². The van der Waals surface area contributed by atoms with Crippen LogP contribution in [0.2, 0.25) is 0 Å². The third-order valence-electron chi connectivity index (χ3n) is 4.11. The summed E-state index contributed by atoms with van der Waals surface area (Å²) in [5, 5.41) is 8.98. The van der Waals surface area contributed by atoms with Crippen LogP contribution >= 0.6 is 0 Å². The largest absolute Gasteiger partial charge is 0.480 e. The van der Waals surface area contributed by atoms with Gasteiger partial charge in [-0.2, -0.15) is 0 Å². The van der Waals surface area contributed by atoms with E-state index in [9.17, 15) is 9.59 Å². The summed E-state index contributed by atoms with van der Waals surface area (Å²) in [6, 6.07) is -0.0104. The van der Waals surface area contributed by atoms with Crippen molar-refractivity contribution in [3.05, 3.63) is 0 Å². The second-order valence-corrected chi connectivity index (χ2v) is 5.71. The van der Waals surface area contributed by atoms with E-state index in [0.29, 0.717) is 6.04 Å². The number of likely N-dealkylation sites (tertiary alicyclic amines) is 1. The minimum Gasteiger partial charge on any atom is -0.480 e. The van der Waals surface area contributed by atoms with Gasteiger partial charge >= 0.3 is 5.97 Å². The zero-order valence-corrected chi connectivity index (χ0v) is 11.7. The highest BCUT2D eigenvalue weighted by Gasteiger charge is 2.37. The third-order valence-corrected chi connectivity index (χ3v) is 4.11. The Balaban J connectivity index is 1.96. The van der Waals surface area contributed by atoms with Gasteiger partial charge in [0.05, 0.1) is 12.6 Å². The van der Waals surface area contributed by atoms with Crippen molar-refractivity contribution in [1.82, 2.24) is 9.80 Å². The van der Waals surface area contributed by atoms with Gasteiger partial charge in [-0.15, -0.1) is 0 Å². The molecule has 1 aliphatic carbocycles. The van der Waals surface area contributed by atoms with E-state index < -0.39 is 5.97 Å². The average Bonchev–Trinajstić information content (AvgIpc) is 3.19. The molecular formula is C14H24N2O3. The number of rotatable bonds is 5. The molecule has 0 bridgehead atoms. The van der Waals surface area contributed by atoms with Crippen molar-refractivity contribution in [2.75, 3.05) is 19.6 Å². The maximum Gasteiger partial charge on any atom is 0.317 e. The van der Waals surface area contributed by atoms with E-state index in [4.69, 9.17) is 5.11 Å². The van der Waals surface area contributed by atoms with E-state index in [1.54, 1.807) is 0 Å². The molecule has 108 valence electrons. The van der Waals surface area contributed by atoms with Gasteiger partial charge < -0.3 is 10.0 Å². The molecule has 1 N–H and O–H groups in total. The smallest absolute Gasteiger partial charge is 0.317 e. The molecule has 5 heteroatoms. The molecular weight excluding hydrogens is 244 g/mol. The van der Waals surface area contributed by atoms with Gasteiger partial charge in [-0.1, -0.05) is 12.8 Å². The zero-order chi connectivity index (χ0) is 13.8. The number of hydrogen-bond donors (Lipinski definition) is 1. The number of hydrogen-bond acceptors (Lipinski definition) is 3. The summed E-state index contributed by atoms with van der Waals surface area (Å²) in [6.07, 6.45) is 6.57. The van der Waals surface area contributed by atoms with Gasteiger partial charge in [0, 0.05) is 19.1 Å². The topological polar surface area (TPSA) is 60.9 Å². The molecule has 19 heavy (non-hydrogen) atoms. The molecule has 1 atom stereocenters. The Kier molecular flexibility index (Phi) is 4.80. The van der Waals surface area contributed by atoms with E-state index in [0.717, 1.165) is 38.8 Å². The predicted molar refractivity (Wildman–Crippen MR) is 71.9 cm³/mol. The van der Waals surface area contributed by atoms with Crippen molar-refractivity contribution < 1.29 is 14.7 Å². The highest BCUT2D eigenvalue weighted by molar-refractivity contribution is 5.82. The maximum absolute atomic E-state index is 12.5. The number of carbonyl (C=O) groups is 2. The number of carboxylic acids is 1. The minimum absolute atomic E-state index is 0.0224. The molecule has 2 aliphatic rings. The van der Waals surface area contributed by atoms with Gasteiger partial charge in [0.15, 0.2) is 0 Å². The first-order valence-corrected chi connectivity index (χ1v) is 7.36. The molecule has 1 saturated heterocycles. The highest BCUT2D eigenvalue weighted by Crippen LogP contribution is 2.29. The van der Waals surface area contributed by atoms with E-state index >= 15 is 0 Å². The molecule has 0 aromatic heterocycles. The van der Waals surface area contributed by atoms with E-state index in [-0.39, 0.29) is 18.5 Å². The number of nitrogens with zero attached hydrogens (tertiary/aromatic N) is 2. The van der Waals surface area contributed by atoms with Gasteiger partial charge in [0.2, 0.25) is 5.91 Å². The third kappa shape index (κ3) is 3.93. The Bertz CT molecular complexity index is 334. The van der Waals surface area contributed by atoms with Crippen LogP contribution in [0.1, 0.15) is 45.4 Å². The van der Waals surface area contributed by atoms with Crippen molar-refractivity contribution in [3.8, 4) is 0 Å². The molecule has 1 aliphatic heterocycles. The van der Waals surface area contributed by atoms with E-state index in [1.165, 1.54) is 12.8 Å². The molecule has 0 aromatic carbocycles. The fourth-order valence-electron chi connectivity index (χ4n) is 2.84. The van der Waals surface area contributed by atoms with Crippen LogP contribution in [0.5, 0.6) is 0 Å². The van der Waals surface area contributed by atoms with Crippen molar-refractivity contribution in [2.45, 2.75) is 57.5 Å². The van der Waals surface area contributed by atoms with Crippen LogP contribution in [0, 0.1) is 0 Å². The van der Waals surface area contributed by atoms with E-state index in [1.807, 2.05) is 16.7 Å². The van der Waals surface area contributed by atoms with Crippen LogP contribution in [0.3, 0.4) is 0 Å². The molecule has 1 heterocycles. The van der Waals surface area contributed by atoms with Crippen LogP contribution in [0.4, 0.5) is 0 Å². The quantitative estimate of drug-likeness (QED) is 0.817. The second kappa shape index (κ2) is 6.37. The van der Waals surface area contributed by atoms with Crippen molar-refractivity contribution in [3.63, 3.8) is 0 Å². The highest BCUT2D eigenvalue weighted by atomic mass is 16.4. The fraction of sp³-hybridized carbons (Fsp3) is 0.857. The summed E-state index contributed by atoms with van der Waals surface area (Å²) in [5.74, 6) is -0.738. The van der Waals surface area contributed by atoms with Gasteiger partial charge in [0.25, 0.3) is 0 Å². The van der Waals surface area contributed by atoms with Crippen LogP contribution in [-0.2, 0) is 9.59 Å². The molecule has 1 saturated carbocycles. The van der Waals surface area contributed by atoms with Gasteiger partial charge in [-0.25, -0.2) is 0 Å². The molecule has 1 amide bonds. The van der Waals surface area contributed by atoms with Gasteiger partial charge in [-0.05, 0) is 32.6 Å². The van der Waals surface area contributed by atoms with Crippen LogP contribution in [-0.4, -0.2) is 58.5 Å². The summed E-state index contributed by atoms with van der Waals surface area (Å²) < 4.78 is 0. The first kappa shape index (κ1) is 14.3. The Morgan fingerprint density at radius 2 is 1.79 bits per heavy atom. The molecule has 1 unspecified atom stereocenters. The average molecular weight is 268 g/mol. The standard InChI is InChI=1S/C14H24N2O3/c1-11(16(10-13(17)18)12-6-7-12)14(19)15-8-4-2-3-5-9-15/h11-12H,2-10H2,1H3,(H,17,18). The number of carbonyl (C=O) groups excluding carboxylic acids is 1. The maximum atomic E-state index is 12.5. The Labute approximate surface area is 114 Å². The summed E-state index contributed by atoms with van der Waals surface area (Å²) in [5.41, 5.74) is 0. The lowest BCUT2D eigenvalue weighted by Gasteiger charge is -2.31. The summed E-state index contributed by atoms with van der Waals surface area (Å²) in [7, 11) is 0. The van der Waals surface area contributed by atoms with Gasteiger partial charge in [-0.3, -0.25) is 14.5 Å². The normalized spacial score (nSPS) is 22.1. The Hall–Kier alpha value is -1.10. The molecule has 0 aromatic rings. The van der Waals surface area contributed by atoms with Gasteiger partial charge in [0.1, 0.15) is 0 Å². The lowest BCUT2D eigenvalue weighted by molar-refractivity contribution is -0.142. The summed E-state index contributed by atoms with van der Waals surface area (Å²) >= 11 is 0. The second-order valence-electron chi connectivity index (χ2n) is 5.71. The SMILES string of the molecule is CC(C(=O)N1CCCCCC1)N(CC(=O)O)C1CC1. The molecule has 0 radical (unpaired) electrons. The fourth-order valence-corrected chi connectivity index (χ4v) is 2.84. The lowest BCUT2D eigenvalue weighted by atomic mass is 10.2. The molecule has 2 rings (SSSR count). The molecule has 0 spiro atoms. The predicted octanol–water partition coefficient (Wildman–Crippen LogP) is 1.33. The molecule has 2 fully saturated rings. The van der Waals surface area contributed by atoms with Crippen molar-refractivity contribution in [1.29, 1.82) is 0 Å². The first-order chi connectivity index (χ1) is 9.09. The minimum atomic E-state index is -0.845. The van der Waals surface area contributed by atoms with Crippen molar-refractivity contribution >= 4 is 11.9 Å². The van der Waals surface area contributed by atoms with E-state index in [2.05, 4.69) is 0 Å². The Morgan fingerprint density at radius 1 is 1.21 bits per heavy atom. The first-order valence-electron chi connectivity index (χ1n) is 7.36.